The lowest BCUT2D eigenvalue weighted by atomic mass is 10.2. The number of anilines is 1. The number of piperazine rings is 1. The first-order valence-electron chi connectivity index (χ1n) is 6.76. The minimum atomic E-state index is -0.618. The molecule has 1 aromatic rings. The SMILES string of the molecule is CCCCN1CCN(c2cncc(C(N)=O)n2)CC1=O. The number of nitrogens with zero attached hydrogens (tertiary/aromatic N) is 4. The van der Waals surface area contributed by atoms with Crippen molar-refractivity contribution in [3.05, 3.63) is 18.1 Å². The van der Waals surface area contributed by atoms with Gasteiger partial charge in [-0.05, 0) is 6.42 Å². The molecule has 1 aliphatic rings. The minimum absolute atomic E-state index is 0.0796. The van der Waals surface area contributed by atoms with E-state index in [1.165, 1.54) is 6.20 Å². The van der Waals surface area contributed by atoms with E-state index < -0.39 is 5.91 Å². The second kappa shape index (κ2) is 6.31. The predicted octanol–water partition coefficient (Wildman–Crippen LogP) is 0.0242. The summed E-state index contributed by atoms with van der Waals surface area (Å²) >= 11 is 0. The summed E-state index contributed by atoms with van der Waals surface area (Å²) in [5, 5.41) is 0. The van der Waals surface area contributed by atoms with Crippen molar-refractivity contribution in [2.24, 2.45) is 5.73 Å². The molecule has 1 fully saturated rings. The molecule has 2 rings (SSSR count). The highest BCUT2D eigenvalue weighted by Crippen LogP contribution is 2.14. The van der Waals surface area contributed by atoms with Crippen LogP contribution in [0.2, 0.25) is 0 Å². The van der Waals surface area contributed by atoms with E-state index in [0.717, 1.165) is 19.4 Å². The molecule has 1 saturated heterocycles. The van der Waals surface area contributed by atoms with Gasteiger partial charge in [0.1, 0.15) is 11.5 Å². The van der Waals surface area contributed by atoms with E-state index in [1.54, 1.807) is 6.20 Å². The van der Waals surface area contributed by atoms with Crippen molar-refractivity contribution in [2.75, 3.05) is 31.1 Å². The second-order valence-electron chi connectivity index (χ2n) is 4.78. The van der Waals surface area contributed by atoms with Crippen LogP contribution in [0.25, 0.3) is 0 Å². The molecule has 1 aliphatic heterocycles. The van der Waals surface area contributed by atoms with Crippen molar-refractivity contribution in [2.45, 2.75) is 19.8 Å². The average molecular weight is 277 g/mol. The fourth-order valence-electron chi connectivity index (χ4n) is 2.12. The number of carbonyl (C=O) groups excluding carboxylic acids is 2. The third kappa shape index (κ3) is 3.23. The van der Waals surface area contributed by atoms with Gasteiger partial charge in [0.25, 0.3) is 5.91 Å². The van der Waals surface area contributed by atoms with Crippen LogP contribution in [0.15, 0.2) is 12.4 Å². The Bertz CT molecular complexity index is 505. The van der Waals surface area contributed by atoms with Gasteiger partial charge < -0.3 is 15.5 Å². The van der Waals surface area contributed by atoms with Gasteiger partial charge in [-0.25, -0.2) is 4.98 Å². The monoisotopic (exact) mass is 277 g/mol. The Balaban J connectivity index is 2.03. The summed E-state index contributed by atoms with van der Waals surface area (Å²) in [4.78, 5) is 34.9. The van der Waals surface area contributed by atoms with Crippen LogP contribution in [0.4, 0.5) is 5.82 Å². The van der Waals surface area contributed by atoms with Gasteiger partial charge in [0.05, 0.1) is 18.9 Å². The van der Waals surface area contributed by atoms with E-state index in [4.69, 9.17) is 5.73 Å². The van der Waals surface area contributed by atoms with Crippen LogP contribution in [0, 0.1) is 0 Å². The van der Waals surface area contributed by atoms with Gasteiger partial charge >= 0.3 is 0 Å². The highest BCUT2D eigenvalue weighted by atomic mass is 16.2. The van der Waals surface area contributed by atoms with Crippen molar-refractivity contribution in [3.63, 3.8) is 0 Å². The maximum absolute atomic E-state index is 12.0. The van der Waals surface area contributed by atoms with Gasteiger partial charge in [0.15, 0.2) is 0 Å². The Hall–Kier alpha value is -2.18. The van der Waals surface area contributed by atoms with Gasteiger partial charge in [0.2, 0.25) is 5.91 Å². The molecular formula is C13H19N5O2. The number of aromatic nitrogens is 2. The summed E-state index contributed by atoms with van der Waals surface area (Å²) in [6.07, 6.45) is 4.95. The highest BCUT2D eigenvalue weighted by Gasteiger charge is 2.24. The molecule has 7 heteroatoms. The molecular weight excluding hydrogens is 258 g/mol. The first kappa shape index (κ1) is 14.2. The first-order chi connectivity index (χ1) is 9.61. The van der Waals surface area contributed by atoms with Crippen molar-refractivity contribution in [1.82, 2.24) is 14.9 Å². The fourth-order valence-corrected chi connectivity index (χ4v) is 2.12. The van der Waals surface area contributed by atoms with Crippen LogP contribution in [0.3, 0.4) is 0 Å². The Morgan fingerprint density at radius 1 is 1.40 bits per heavy atom. The Morgan fingerprint density at radius 2 is 2.20 bits per heavy atom. The molecule has 20 heavy (non-hydrogen) atoms. The average Bonchev–Trinajstić information content (AvgIpc) is 2.46. The van der Waals surface area contributed by atoms with E-state index in [0.29, 0.717) is 18.9 Å². The van der Waals surface area contributed by atoms with Gasteiger partial charge in [0, 0.05) is 19.6 Å². The molecule has 0 aliphatic carbocycles. The lowest BCUT2D eigenvalue weighted by Crippen LogP contribution is -2.51. The fraction of sp³-hybridized carbons (Fsp3) is 0.538. The number of carbonyl (C=O) groups is 2. The molecule has 1 aromatic heterocycles. The third-order valence-electron chi connectivity index (χ3n) is 3.30. The van der Waals surface area contributed by atoms with Crippen LogP contribution >= 0.6 is 0 Å². The van der Waals surface area contributed by atoms with Crippen molar-refractivity contribution in [3.8, 4) is 0 Å². The number of nitrogens with two attached hydrogens (primary N) is 1. The van der Waals surface area contributed by atoms with Gasteiger partial charge in [-0.3, -0.25) is 14.6 Å². The molecule has 0 unspecified atom stereocenters. The molecule has 108 valence electrons. The van der Waals surface area contributed by atoms with Crippen molar-refractivity contribution >= 4 is 17.6 Å². The van der Waals surface area contributed by atoms with E-state index in [2.05, 4.69) is 16.9 Å². The summed E-state index contributed by atoms with van der Waals surface area (Å²) < 4.78 is 0. The molecule has 0 atom stereocenters. The van der Waals surface area contributed by atoms with Gasteiger partial charge in [-0.1, -0.05) is 13.3 Å². The molecule has 0 spiro atoms. The minimum Gasteiger partial charge on any atom is -0.364 e. The number of unbranched alkanes of at least 4 members (excludes halogenated alkanes) is 1. The standard InChI is InChI=1S/C13H19N5O2/c1-2-3-4-17-5-6-18(9-12(17)19)11-8-15-7-10(16-11)13(14)20/h7-8H,2-6,9H2,1H3,(H2,14,20). The van der Waals surface area contributed by atoms with Crippen LogP contribution < -0.4 is 10.6 Å². The third-order valence-corrected chi connectivity index (χ3v) is 3.30. The zero-order valence-corrected chi connectivity index (χ0v) is 11.6. The maximum Gasteiger partial charge on any atom is 0.268 e. The topological polar surface area (TPSA) is 92.4 Å². The largest absolute Gasteiger partial charge is 0.364 e. The molecule has 0 radical (unpaired) electrons. The Morgan fingerprint density at radius 3 is 2.85 bits per heavy atom. The summed E-state index contributed by atoms with van der Waals surface area (Å²) in [7, 11) is 0. The first-order valence-corrected chi connectivity index (χ1v) is 6.76. The summed E-state index contributed by atoms with van der Waals surface area (Å²) in [6, 6.07) is 0. The van der Waals surface area contributed by atoms with Gasteiger partial charge in [-0.2, -0.15) is 0 Å². The van der Waals surface area contributed by atoms with Crippen LogP contribution in [0.5, 0.6) is 0 Å². The Labute approximate surface area is 117 Å². The summed E-state index contributed by atoms with van der Waals surface area (Å²) in [5.74, 6) is -0.0203. The smallest absolute Gasteiger partial charge is 0.268 e. The number of amides is 2. The Kier molecular flexibility index (Phi) is 4.49. The highest BCUT2D eigenvalue weighted by molar-refractivity contribution is 5.91. The van der Waals surface area contributed by atoms with E-state index in [9.17, 15) is 9.59 Å². The molecule has 0 bridgehead atoms. The number of rotatable bonds is 5. The van der Waals surface area contributed by atoms with Crippen LogP contribution in [-0.4, -0.2) is 52.9 Å². The van der Waals surface area contributed by atoms with Crippen LogP contribution in [-0.2, 0) is 4.79 Å². The number of primary amides is 1. The van der Waals surface area contributed by atoms with Gasteiger partial charge in [-0.15, -0.1) is 0 Å². The maximum atomic E-state index is 12.0. The van der Waals surface area contributed by atoms with E-state index in [-0.39, 0.29) is 18.1 Å². The summed E-state index contributed by atoms with van der Waals surface area (Å²) in [5.41, 5.74) is 5.30. The second-order valence-corrected chi connectivity index (χ2v) is 4.78. The van der Waals surface area contributed by atoms with Crippen molar-refractivity contribution in [1.29, 1.82) is 0 Å². The molecule has 2 amide bonds. The molecule has 7 nitrogen and oxygen atoms in total. The molecule has 2 N–H and O–H groups in total. The van der Waals surface area contributed by atoms with Crippen LogP contribution in [0.1, 0.15) is 30.3 Å². The van der Waals surface area contributed by atoms with E-state index >= 15 is 0 Å². The lowest BCUT2D eigenvalue weighted by Gasteiger charge is -2.34. The lowest BCUT2D eigenvalue weighted by molar-refractivity contribution is -0.131. The zero-order valence-electron chi connectivity index (χ0n) is 11.6. The zero-order chi connectivity index (χ0) is 14.5. The number of hydrogen-bond donors (Lipinski definition) is 1. The quantitative estimate of drug-likeness (QED) is 0.819. The normalized spacial score (nSPS) is 15.6. The summed E-state index contributed by atoms with van der Waals surface area (Å²) in [6.45, 7) is 4.52. The molecule has 0 saturated carbocycles. The predicted molar refractivity (Wildman–Crippen MR) is 74.3 cm³/mol. The number of hydrogen-bond acceptors (Lipinski definition) is 5. The molecule has 2 heterocycles. The molecule has 0 aromatic carbocycles. The van der Waals surface area contributed by atoms with Crippen molar-refractivity contribution < 1.29 is 9.59 Å². The van der Waals surface area contributed by atoms with E-state index in [1.807, 2.05) is 9.80 Å².